The second-order valence-corrected chi connectivity index (χ2v) is 11.5. The number of aliphatic carboxylic acids is 1. The first-order valence-corrected chi connectivity index (χ1v) is 15.1. The van der Waals surface area contributed by atoms with E-state index in [0.29, 0.717) is 5.56 Å². The number of hydrogen-bond donors (Lipinski definition) is 11. The minimum atomic E-state index is -5.19. The van der Waals surface area contributed by atoms with Crippen molar-refractivity contribution in [3.63, 3.8) is 0 Å². The average Bonchev–Trinajstić information content (AvgIpc) is 2.87. The molecule has 0 saturated heterocycles. The van der Waals surface area contributed by atoms with E-state index < -0.39 is 88.7 Å². The second-order valence-electron chi connectivity index (χ2n) is 8.98. The van der Waals surface area contributed by atoms with Crippen LogP contribution < -0.4 is 27.0 Å². The van der Waals surface area contributed by atoms with Crippen LogP contribution in [0, 0.1) is 0 Å². The van der Waals surface area contributed by atoms with Crippen LogP contribution in [0.15, 0.2) is 24.3 Å². The fraction of sp³-hybridized carbons (Fsp3) is 0.476. The molecule has 0 bridgehead atoms. The maximum Gasteiger partial charge on any atom is 0.469 e. The molecule has 4 amide bonds. The van der Waals surface area contributed by atoms with Crippen molar-refractivity contribution in [2.24, 2.45) is 5.73 Å². The molecule has 1 aromatic carbocycles. The number of phenolic OH excluding ortho intramolecular Hbond substituents is 1. The number of phenols is 1. The number of rotatable bonds is 17. The molecule has 0 unspecified atom stereocenters. The maximum absolute atomic E-state index is 13.3. The van der Waals surface area contributed by atoms with Crippen LogP contribution in [0.3, 0.4) is 0 Å². The van der Waals surface area contributed by atoms with Crippen molar-refractivity contribution in [3.8, 4) is 5.75 Å². The Morgan fingerprint density at radius 1 is 0.744 bits per heavy atom. The number of benzene rings is 1. The lowest BCUT2D eigenvalue weighted by atomic mass is 10.0. The van der Waals surface area contributed by atoms with Crippen LogP contribution in [0.5, 0.6) is 5.75 Å². The van der Waals surface area contributed by atoms with Crippen molar-refractivity contribution in [1.82, 2.24) is 21.3 Å². The van der Waals surface area contributed by atoms with Gasteiger partial charge < -0.3 is 56.8 Å². The number of carboxylic acid groups (broad SMARTS) is 1. The summed E-state index contributed by atoms with van der Waals surface area (Å²) in [6.07, 6.45) is -0.371. The number of carbonyl (C=O) groups excluding carboxylic acids is 4. The third-order valence-electron chi connectivity index (χ3n) is 5.24. The molecule has 0 aliphatic carbocycles. The van der Waals surface area contributed by atoms with Crippen molar-refractivity contribution in [3.05, 3.63) is 29.8 Å². The van der Waals surface area contributed by atoms with Crippen LogP contribution >= 0.6 is 15.6 Å². The van der Waals surface area contributed by atoms with Gasteiger partial charge in [-0.05, 0) is 31.5 Å². The lowest BCUT2D eigenvalue weighted by Crippen LogP contribution is -2.60. The highest BCUT2D eigenvalue weighted by Gasteiger charge is 2.33. The van der Waals surface area contributed by atoms with Gasteiger partial charge in [-0.2, -0.15) is 0 Å². The normalized spacial score (nSPS) is 15.2. The van der Waals surface area contributed by atoms with Crippen LogP contribution in [0.2, 0.25) is 0 Å². The minimum absolute atomic E-state index is 0.152. The Morgan fingerprint density at radius 3 is 1.56 bits per heavy atom. The van der Waals surface area contributed by atoms with E-state index in [1.54, 1.807) is 0 Å². The molecule has 0 fully saturated rings. The van der Waals surface area contributed by atoms with E-state index in [9.17, 15) is 38.2 Å². The highest BCUT2D eigenvalue weighted by Crippen LogP contribution is 2.36. The summed E-state index contributed by atoms with van der Waals surface area (Å²) < 4.78 is 31.0. The Bertz CT molecular complexity index is 1250. The molecule has 1 rings (SSSR count). The average molecular weight is 657 g/mol. The van der Waals surface area contributed by atoms with Gasteiger partial charge in [0.15, 0.2) is 0 Å². The lowest BCUT2D eigenvalue weighted by molar-refractivity contribution is -0.142. The molecule has 20 nitrogen and oxygen atoms in total. The Kier molecular flexibility index (Phi) is 14.3. The summed E-state index contributed by atoms with van der Waals surface area (Å²) in [5.74, 6) is -6.21. The van der Waals surface area contributed by atoms with Gasteiger partial charge in [-0.15, -0.1) is 0 Å². The third-order valence-corrected chi connectivity index (χ3v) is 6.21. The first-order chi connectivity index (χ1) is 19.7. The molecule has 242 valence electrons. The summed E-state index contributed by atoms with van der Waals surface area (Å²) in [5.41, 5.74) is 5.77. The summed E-state index contributed by atoms with van der Waals surface area (Å²) in [6.45, 7) is 0.0893. The van der Waals surface area contributed by atoms with Gasteiger partial charge >= 0.3 is 21.6 Å². The molecule has 0 saturated carbocycles. The predicted molar refractivity (Wildman–Crippen MR) is 142 cm³/mol. The predicted octanol–water partition coefficient (Wildman–Crippen LogP) is -3.46. The zero-order chi connectivity index (χ0) is 33.1. The topological polar surface area (TPSA) is 333 Å². The number of nitrogens with one attached hydrogen (secondary N) is 4. The molecule has 5 atom stereocenters. The molecule has 0 radical (unpaired) electrons. The highest BCUT2D eigenvalue weighted by atomic mass is 31.2. The van der Waals surface area contributed by atoms with Gasteiger partial charge in [0.1, 0.15) is 29.9 Å². The molecule has 43 heavy (non-hydrogen) atoms. The molecule has 12 N–H and O–H groups in total. The van der Waals surface area contributed by atoms with Crippen molar-refractivity contribution in [2.75, 3.05) is 13.2 Å². The van der Waals surface area contributed by atoms with Crippen molar-refractivity contribution < 1.29 is 71.9 Å². The Balaban J connectivity index is 3.35. The van der Waals surface area contributed by atoms with Crippen LogP contribution in [0.25, 0.3) is 0 Å². The summed E-state index contributed by atoms with van der Waals surface area (Å²) in [7, 11) is -10.3. The van der Waals surface area contributed by atoms with E-state index in [0.717, 1.165) is 6.92 Å². The maximum atomic E-state index is 13.3. The van der Waals surface area contributed by atoms with Crippen LogP contribution in [-0.4, -0.2) is 103 Å². The van der Waals surface area contributed by atoms with Gasteiger partial charge in [-0.25, -0.2) is 9.13 Å². The van der Waals surface area contributed by atoms with E-state index in [4.69, 9.17) is 30.4 Å². The molecular weight excluding hydrogens is 624 g/mol. The van der Waals surface area contributed by atoms with E-state index in [1.165, 1.54) is 31.2 Å². The summed E-state index contributed by atoms with van der Waals surface area (Å²) in [5, 5.41) is 27.0. The minimum Gasteiger partial charge on any atom is -0.508 e. The fourth-order valence-corrected chi connectivity index (χ4v) is 3.70. The molecule has 1 aromatic rings. The van der Waals surface area contributed by atoms with Gasteiger partial charge in [0.25, 0.3) is 0 Å². The number of phosphoric acid groups is 2. The number of phosphoric ester groups is 2. The zero-order valence-electron chi connectivity index (χ0n) is 22.6. The Hall–Kier alpha value is -3.45. The van der Waals surface area contributed by atoms with E-state index in [2.05, 4.69) is 25.0 Å². The smallest absolute Gasteiger partial charge is 0.469 e. The van der Waals surface area contributed by atoms with Crippen LogP contribution in [-0.2, 0) is 48.6 Å². The summed E-state index contributed by atoms with van der Waals surface area (Å²) in [4.78, 5) is 98.4. The largest absolute Gasteiger partial charge is 0.508 e. The van der Waals surface area contributed by atoms with Gasteiger partial charge in [-0.3, -0.25) is 33.0 Å². The SMILES string of the molecule is C[C@H](N)C(=O)N[C@@H](COP(=O)(O)O)C(=O)N[C@@H](Cc1ccc(O)cc1)C(=O)N[C@@H](COP(=O)(O)O)C(=O)N[C@@H](C)C(=O)O. The molecule has 0 aliphatic rings. The number of hydrogen-bond acceptors (Lipinski definition) is 11. The Labute approximate surface area is 243 Å². The number of carboxylic acids is 1. The van der Waals surface area contributed by atoms with Gasteiger partial charge in [-0.1, -0.05) is 12.1 Å². The highest BCUT2D eigenvalue weighted by molar-refractivity contribution is 7.46. The number of amides is 4. The quantitative estimate of drug-likeness (QED) is 0.0725. The standard InChI is InChI=1S/C21H33N5O15P2/c1-10(22)17(28)25-16(9-41-43(37,38)39)20(31)24-14(7-12-3-5-13(27)6-4-12)18(29)26-15(8-40-42(34,35)36)19(30)23-11(2)21(32)33/h3-6,10-11,14-16,27H,7-9,22H2,1-2H3,(H,23,30)(H,24,31)(H,25,28)(H,26,29)(H,32,33)(H2,34,35,36)(H2,37,38,39)/t10-,11-,14-,15-,16-/m0/s1. The van der Waals surface area contributed by atoms with E-state index >= 15 is 0 Å². The fourth-order valence-electron chi connectivity index (χ4n) is 3.01. The van der Waals surface area contributed by atoms with E-state index in [-0.39, 0.29) is 12.2 Å². The van der Waals surface area contributed by atoms with Crippen molar-refractivity contribution in [1.29, 1.82) is 0 Å². The molecular formula is C21H33N5O15P2. The first kappa shape index (κ1) is 37.6. The molecule has 0 spiro atoms. The molecule has 0 aromatic heterocycles. The zero-order valence-corrected chi connectivity index (χ0v) is 24.4. The monoisotopic (exact) mass is 657 g/mol. The third kappa shape index (κ3) is 15.0. The van der Waals surface area contributed by atoms with Crippen LogP contribution in [0.4, 0.5) is 0 Å². The summed E-state index contributed by atoms with van der Waals surface area (Å²) in [6, 6.07) is -2.88. The summed E-state index contributed by atoms with van der Waals surface area (Å²) >= 11 is 0. The lowest BCUT2D eigenvalue weighted by Gasteiger charge is -2.26. The van der Waals surface area contributed by atoms with Gasteiger partial charge in [0.05, 0.1) is 19.3 Å². The van der Waals surface area contributed by atoms with Gasteiger partial charge in [0.2, 0.25) is 23.6 Å². The van der Waals surface area contributed by atoms with Crippen molar-refractivity contribution in [2.45, 2.75) is 50.5 Å². The molecule has 0 heterocycles. The molecule has 22 heteroatoms. The number of aromatic hydroxyl groups is 1. The molecule has 0 aliphatic heterocycles. The van der Waals surface area contributed by atoms with Crippen LogP contribution in [0.1, 0.15) is 19.4 Å². The number of carbonyl (C=O) groups is 5. The van der Waals surface area contributed by atoms with E-state index in [1.807, 2.05) is 5.32 Å². The van der Waals surface area contributed by atoms with Crippen molar-refractivity contribution >= 4 is 45.2 Å². The first-order valence-electron chi connectivity index (χ1n) is 12.1. The number of nitrogens with two attached hydrogens (primary N) is 1. The van der Waals surface area contributed by atoms with Gasteiger partial charge in [0, 0.05) is 6.42 Å². The second kappa shape index (κ2) is 16.4. The Morgan fingerprint density at radius 2 is 1.14 bits per heavy atom.